The van der Waals surface area contributed by atoms with Gasteiger partial charge < -0.3 is 20.9 Å². The molecule has 1 aromatic carbocycles. The first-order chi connectivity index (χ1) is 12.6. The number of guanidine groups is 1. The highest BCUT2D eigenvalue weighted by molar-refractivity contribution is 14.0. The number of nitrogens with zero attached hydrogens (tertiary/aromatic N) is 2. The van der Waals surface area contributed by atoms with Crippen LogP contribution in [-0.2, 0) is 4.79 Å². The van der Waals surface area contributed by atoms with E-state index in [9.17, 15) is 4.79 Å². The van der Waals surface area contributed by atoms with Crippen molar-refractivity contribution in [1.29, 1.82) is 0 Å². The van der Waals surface area contributed by atoms with Crippen molar-refractivity contribution in [2.24, 2.45) is 4.99 Å². The number of piperidine rings is 1. The maximum atomic E-state index is 12.0. The van der Waals surface area contributed by atoms with E-state index >= 15 is 0 Å². The monoisotopic (exact) mass is 551 g/mol. The third-order valence-electron chi connectivity index (χ3n) is 4.46. The summed E-state index contributed by atoms with van der Waals surface area (Å²) >= 11 is 3.38. The molecule has 2 rings (SSSR count). The Morgan fingerprint density at radius 2 is 1.93 bits per heavy atom. The van der Waals surface area contributed by atoms with E-state index in [0.717, 1.165) is 42.1 Å². The SMILES string of the molecule is CCCN1CCC(NC(=NC)NCCC(=O)Nc2ccc(Br)cc2)CC1.I. The quantitative estimate of drug-likeness (QED) is 0.276. The Kier molecular flexibility index (Phi) is 11.9. The summed E-state index contributed by atoms with van der Waals surface area (Å²) in [6.07, 6.45) is 3.87. The molecule has 0 spiro atoms. The van der Waals surface area contributed by atoms with Crippen LogP contribution in [0.3, 0.4) is 0 Å². The Balaban J connectivity index is 0.00000364. The molecule has 0 bridgehead atoms. The molecule has 27 heavy (non-hydrogen) atoms. The van der Waals surface area contributed by atoms with E-state index in [1.54, 1.807) is 7.05 Å². The summed E-state index contributed by atoms with van der Waals surface area (Å²) in [5.74, 6) is 0.763. The molecule has 0 atom stereocenters. The fraction of sp³-hybridized carbons (Fsp3) is 0.579. The van der Waals surface area contributed by atoms with Gasteiger partial charge in [0, 0.05) is 49.3 Å². The average molecular weight is 552 g/mol. The summed E-state index contributed by atoms with van der Waals surface area (Å²) < 4.78 is 0.993. The second-order valence-corrected chi connectivity index (χ2v) is 7.48. The molecular weight excluding hydrogens is 521 g/mol. The number of benzene rings is 1. The van der Waals surface area contributed by atoms with Gasteiger partial charge in [0.05, 0.1) is 0 Å². The molecule has 1 saturated heterocycles. The van der Waals surface area contributed by atoms with Crippen LogP contribution in [0.15, 0.2) is 33.7 Å². The van der Waals surface area contributed by atoms with E-state index in [4.69, 9.17) is 0 Å². The first kappa shape index (κ1) is 24.2. The lowest BCUT2D eigenvalue weighted by Crippen LogP contribution is -2.49. The lowest BCUT2D eigenvalue weighted by Gasteiger charge is -2.32. The van der Waals surface area contributed by atoms with Crippen LogP contribution in [0.2, 0.25) is 0 Å². The number of amides is 1. The molecule has 0 aromatic heterocycles. The van der Waals surface area contributed by atoms with Crippen molar-refractivity contribution < 1.29 is 4.79 Å². The molecular formula is C19H31BrIN5O. The van der Waals surface area contributed by atoms with Gasteiger partial charge in [-0.1, -0.05) is 22.9 Å². The Morgan fingerprint density at radius 3 is 2.52 bits per heavy atom. The number of hydrogen-bond donors (Lipinski definition) is 3. The number of anilines is 1. The van der Waals surface area contributed by atoms with E-state index in [0.29, 0.717) is 19.0 Å². The standard InChI is InChI=1S/C19H30BrN5O.HI/c1-3-12-25-13-9-17(10-14-25)24-19(21-2)22-11-8-18(26)23-16-6-4-15(20)5-7-16;/h4-7,17H,3,8-14H2,1-2H3,(H,23,26)(H2,21,22,24);1H. The predicted molar refractivity (Wildman–Crippen MR) is 127 cm³/mol. The van der Waals surface area contributed by atoms with Gasteiger partial charge in [-0.15, -0.1) is 24.0 Å². The normalized spacial score (nSPS) is 15.7. The first-order valence-corrected chi connectivity index (χ1v) is 10.1. The number of halogens is 2. The molecule has 0 aliphatic carbocycles. The number of carbonyl (C=O) groups excluding carboxylic acids is 1. The Bertz CT molecular complexity index is 588. The third-order valence-corrected chi connectivity index (χ3v) is 4.99. The average Bonchev–Trinajstić information content (AvgIpc) is 2.64. The van der Waals surface area contributed by atoms with Gasteiger partial charge in [-0.25, -0.2) is 0 Å². The van der Waals surface area contributed by atoms with Crippen LogP contribution in [-0.4, -0.2) is 56.0 Å². The van der Waals surface area contributed by atoms with E-state index < -0.39 is 0 Å². The van der Waals surface area contributed by atoms with Crippen molar-refractivity contribution in [2.75, 3.05) is 38.5 Å². The minimum atomic E-state index is -0.0110. The zero-order chi connectivity index (χ0) is 18.8. The van der Waals surface area contributed by atoms with Crippen LogP contribution >= 0.6 is 39.9 Å². The zero-order valence-electron chi connectivity index (χ0n) is 16.1. The van der Waals surface area contributed by atoms with Crippen LogP contribution in [0.5, 0.6) is 0 Å². The number of nitrogens with one attached hydrogen (secondary N) is 3. The second kappa shape index (κ2) is 13.3. The number of rotatable bonds is 7. The second-order valence-electron chi connectivity index (χ2n) is 6.56. The van der Waals surface area contributed by atoms with Gasteiger partial charge in [0.1, 0.15) is 0 Å². The Morgan fingerprint density at radius 1 is 1.26 bits per heavy atom. The van der Waals surface area contributed by atoms with E-state index in [2.05, 4.69) is 48.7 Å². The van der Waals surface area contributed by atoms with E-state index in [-0.39, 0.29) is 29.9 Å². The largest absolute Gasteiger partial charge is 0.356 e. The highest BCUT2D eigenvalue weighted by Gasteiger charge is 2.19. The summed E-state index contributed by atoms with van der Waals surface area (Å²) in [4.78, 5) is 18.8. The van der Waals surface area contributed by atoms with Gasteiger partial charge >= 0.3 is 0 Å². The third kappa shape index (κ3) is 9.25. The summed E-state index contributed by atoms with van der Waals surface area (Å²) in [7, 11) is 1.77. The Hall–Kier alpha value is -0.870. The molecule has 6 nitrogen and oxygen atoms in total. The first-order valence-electron chi connectivity index (χ1n) is 9.35. The minimum absolute atomic E-state index is 0. The van der Waals surface area contributed by atoms with Crippen molar-refractivity contribution >= 4 is 57.5 Å². The lowest BCUT2D eigenvalue weighted by atomic mass is 10.1. The summed E-state index contributed by atoms with van der Waals surface area (Å²) in [5.41, 5.74) is 0.805. The van der Waals surface area contributed by atoms with Crippen molar-refractivity contribution in [3.05, 3.63) is 28.7 Å². The van der Waals surface area contributed by atoms with Gasteiger partial charge in [0.2, 0.25) is 5.91 Å². The van der Waals surface area contributed by atoms with Crippen molar-refractivity contribution in [1.82, 2.24) is 15.5 Å². The van der Waals surface area contributed by atoms with Crippen LogP contribution in [0.1, 0.15) is 32.6 Å². The number of carbonyl (C=O) groups is 1. The summed E-state index contributed by atoms with van der Waals surface area (Å²) in [5, 5.41) is 9.60. The molecule has 0 saturated carbocycles. The van der Waals surface area contributed by atoms with Crippen molar-refractivity contribution in [3.63, 3.8) is 0 Å². The van der Waals surface area contributed by atoms with Crippen molar-refractivity contribution in [2.45, 2.75) is 38.6 Å². The van der Waals surface area contributed by atoms with Crippen molar-refractivity contribution in [3.8, 4) is 0 Å². The lowest BCUT2D eigenvalue weighted by molar-refractivity contribution is -0.116. The fourth-order valence-corrected chi connectivity index (χ4v) is 3.32. The summed E-state index contributed by atoms with van der Waals surface area (Å²) in [6, 6.07) is 8.02. The molecule has 1 amide bonds. The van der Waals surface area contributed by atoms with Gasteiger partial charge in [-0.2, -0.15) is 0 Å². The topological polar surface area (TPSA) is 68.8 Å². The molecule has 1 heterocycles. The predicted octanol–water partition coefficient (Wildman–Crippen LogP) is 3.44. The number of hydrogen-bond acceptors (Lipinski definition) is 3. The minimum Gasteiger partial charge on any atom is -0.356 e. The number of likely N-dealkylation sites (tertiary alicyclic amines) is 1. The van der Waals surface area contributed by atoms with Gasteiger partial charge in [-0.3, -0.25) is 9.79 Å². The maximum absolute atomic E-state index is 12.0. The number of aliphatic imine (C=N–C) groups is 1. The Labute approximate surface area is 188 Å². The molecule has 152 valence electrons. The molecule has 1 aliphatic heterocycles. The van der Waals surface area contributed by atoms with Crippen LogP contribution in [0.25, 0.3) is 0 Å². The van der Waals surface area contributed by atoms with Gasteiger partial charge in [-0.05, 0) is 50.1 Å². The molecule has 8 heteroatoms. The molecule has 0 unspecified atom stereocenters. The van der Waals surface area contributed by atoms with Gasteiger partial charge in [0.25, 0.3) is 0 Å². The van der Waals surface area contributed by atoms with E-state index in [1.165, 1.54) is 13.0 Å². The maximum Gasteiger partial charge on any atom is 0.226 e. The van der Waals surface area contributed by atoms with Crippen LogP contribution in [0.4, 0.5) is 5.69 Å². The molecule has 3 N–H and O–H groups in total. The zero-order valence-corrected chi connectivity index (χ0v) is 20.0. The van der Waals surface area contributed by atoms with Gasteiger partial charge in [0.15, 0.2) is 5.96 Å². The highest BCUT2D eigenvalue weighted by Crippen LogP contribution is 2.14. The molecule has 1 fully saturated rings. The van der Waals surface area contributed by atoms with Crippen LogP contribution < -0.4 is 16.0 Å². The molecule has 0 radical (unpaired) electrons. The highest BCUT2D eigenvalue weighted by atomic mass is 127. The van der Waals surface area contributed by atoms with E-state index in [1.807, 2.05) is 24.3 Å². The van der Waals surface area contributed by atoms with Crippen LogP contribution in [0, 0.1) is 0 Å². The molecule has 1 aromatic rings. The fourth-order valence-electron chi connectivity index (χ4n) is 3.06. The molecule has 1 aliphatic rings. The summed E-state index contributed by atoms with van der Waals surface area (Å²) in [6.45, 7) is 6.24. The smallest absolute Gasteiger partial charge is 0.226 e.